The zero-order valence-electron chi connectivity index (χ0n) is 12.7. The van der Waals surface area contributed by atoms with Crippen LogP contribution in [0.25, 0.3) is 11.1 Å². The number of hydrogen-bond acceptors (Lipinski definition) is 3. The summed E-state index contributed by atoms with van der Waals surface area (Å²) in [4.78, 5) is 4.12. The summed E-state index contributed by atoms with van der Waals surface area (Å²) in [6.07, 6.45) is 3.35. The van der Waals surface area contributed by atoms with Gasteiger partial charge >= 0.3 is 0 Å². The van der Waals surface area contributed by atoms with Crippen molar-refractivity contribution in [2.75, 3.05) is 6.54 Å². The highest BCUT2D eigenvalue weighted by Gasteiger charge is 2.08. The summed E-state index contributed by atoms with van der Waals surface area (Å²) in [6.45, 7) is 7.45. The van der Waals surface area contributed by atoms with E-state index in [1.54, 1.807) is 24.5 Å². The molecule has 2 rings (SSSR count). The first-order valence-electron chi connectivity index (χ1n) is 7.21. The van der Waals surface area contributed by atoms with Crippen molar-refractivity contribution in [2.45, 2.75) is 33.4 Å². The number of rotatable bonds is 6. The fraction of sp³-hybridized carbons (Fsp3) is 0.353. The van der Waals surface area contributed by atoms with E-state index < -0.39 is 0 Å². The van der Waals surface area contributed by atoms with Gasteiger partial charge in [0.25, 0.3) is 0 Å². The predicted octanol–water partition coefficient (Wildman–Crippen LogP) is 3.78. The van der Waals surface area contributed by atoms with Crippen LogP contribution in [-0.4, -0.2) is 17.6 Å². The molecule has 0 aliphatic rings. The fourth-order valence-corrected chi connectivity index (χ4v) is 2.07. The fourth-order valence-electron chi connectivity index (χ4n) is 2.07. The van der Waals surface area contributed by atoms with E-state index in [1.807, 2.05) is 32.9 Å². The van der Waals surface area contributed by atoms with Crippen molar-refractivity contribution in [1.29, 1.82) is 0 Å². The molecular weight excluding hydrogens is 267 g/mol. The van der Waals surface area contributed by atoms with Crippen molar-refractivity contribution in [3.8, 4) is 16.9 Å². The quantitative estimate of drug-likeness (QED) is 0.878. The van der Waals surface area contributed by atoms with Crippen molar-refractivity contribution in [3.05, 3.63) is 48.0 Å². The lowest BCUT2D eigenvalue weighted by atomic mass is 10.0. The Morgan fingerprint density at radius 1 is 1.24 bits per heavy atom. The summed E-state index contributed by atoms with van der Waals surface area (Å²) in [5, 5.41) is 3.18. The summed E-state index contributed by atoms with van der Waals surface area (Å²) in [5.41, 5.74) is 2.19. The van der Waals surface area contributed by atoms with E-state index in [4.69, 9.17) is 4.74 Å². The molecule has 0 saturated heterocycles. The van der Waals surface area contributed by atoms with Crippen LogP contribution in [0.2, 0.25) is 0 Å². The molecular formula is C17H21FN2O. The molecule has 1 heterocycles. The molecule has 0 aliphatic heterocycles. The van der Waals surface area contributed by atoms with Gasteiger partial charge in [-0.15, -0.1) is 0 Å². The standard InChI is InChI=1S/C17H21FN2O/c1-4-19-9-13-5-6-16(17(18)7-13)14-8-15(11-20-10-14)21-12(2)3/h5-8,10-12,19H,4,9H2,1-3H3. The van der Waals surface area contributed by atoms with Crippen LogP contribution in [0.4, 0.5) is 4.39 Å². The van der Waals surface area contributed by atoms with Crippen LogP contribution in [0.3, 0.4) is 0 Å². The second-order valence-electron chi connectivity index (χ2n) is 5.17. The first-order valence-corrected chi connectivity index (χ1v) is 7.21. The smallest absolute Gasteiger partial charge is 0.138 e. The summed E-state index contributed by atoms with van der Waals surface area (Å²) in [5.74, 6) is 0.410. The number of benzene rings is 1. The van der Waals surface area contributed by atoms with Crippen molar-refractivity contribution >= 4 is 0 Å². The van der Waals surface area contributed by atoms with Crippen molar-refractivity contribution in [3.63, 3.8) is 0 Å². The molecule has 112 valence electrons. The molecule has 0 fully saturated rings. The van der Waals surface area contributed by atoms with E-state index in [-0.39, 0.29) is 11.9 Å². The maximum absolute atomic E-state index is 14.3. The maximum Gasteiger partial charge on any atom is 0.138 e. The minimum Gasteiger partial charge on any atom is -0.489 e. The van der Waals surface area contributed by atoms with Crippen molar-refractivity contribution in [2.24, 2.45) is 0 Å². The molecule has 21 heavy (non-hydrogen) atoms. The van der Waals surface area contributed by atoms with Gasteiger partial charge in [0, 0.05) is 23.9 Å². The predicted molar refractivity (Wildman–Crippen MR) is 82.8 cm³/mol. The number of nitrogens with zero attached hydrogens (tertiary/aromatic N) is 1. The van der Waals surface area contributed by atoms with E-state index in [1.165, 1.54) is 0 Å². The largest absolute Gasteiger partial charge is 0.489 e. The summed E-state index contributed by atoms with van der Waals surface area (Å²) >= 11 is 0. The molecule has 4 heteroatoms. The van der Waals surface area contributed by atoms with Gasteiger partial charge in [0.05, 0.1) is 12.3 Å². The van der Waals surface area contributed by atoms with Gasteiger partial charge in [-0.05, 0) is 38.1 Å². The van der Waals surface area contributed by atoms with Gasteiger partial charge in [-0.3, -0.25) is 4.98 Å². The van der Waals surface area contributed by atoms with Crippen LogP contribution < -0.4 is 10.1 Å². The van der Waals surface area contributed by atoms with Crippen LogP contribution in [-0.2, 0) is 6.54 Å². The third-order valence-electron chi connectivity index (χ3n) is 3.01. The molecule has 0 bridgehead atoms. The van der Waals surface area contributed by atoms with Gasteiger partial charge in [-0.25, -0.2) is 4.39 Å². The Morgan fingerprint density at radius 2 is 2.05 bits per heavy atom. The molecule has 1 N–H and O–H groups in total. The number of pyridine rings is 1. The average molecular weight is 288 g/mol. The van der Waals surface area contributed by atoms with E-state index in [9.17, 15) is 4.39 Å². The van der Waals surface area contributed by atoms with E-state index in [0.717, 1.165) is 17.7 Å². The zero-order chi connectivity index (χ0) is 15.2. The molecule has 0 saturated carbocycles. The molecule has 0 unspecified atom stereocenters. The molecule has 1 aromatic heterocycles. The van der Waals surface area contributed by atoms with Gasteiger partial charge in [0.1, 0.15) is 11.6 Å². The van der Waals surface area contributed by atoms with Crippen LogP contribution in [0.15, 0.2) is 36.7 Å². The Bertz CT molecular complexity index is 599. The Labute approximate surface area is 125 Å². The third kappa shape index (κ3) is 4.26. The van der Waals surface area contributed by atoms with Gasteiger partial charge in [-0.1, -0.05) is 19.1 Å². The highest BCUT2D eigenvalue weighted by molar-refractivity contribution is 5.65. The second kappa shape index (κ2) is 7.18. The summed E-state index contributed by atoms with van der Waals surface area (Å²) in [7, 11) is 0. The Balaban J connectivity index is 2.25. The van der Waals surface area contributed by atoms with Gasteiger partial charge in [0.15, 0.2) is 0 Å². The third-order valence-corrected chi connectivity index (χ3v) is 3.01. The molecule has 0 amide bonds. The number of hydrogen-bond donors (Lipinski definition) is 1. The lowest BCUT2D eigenvalue weighted by Gasteiger charge is -2.11. The number of nitrogens with one attached hydrogen (secondary N) is 1. The number of aromatic nitrogens is 1. The van der Waals surface area contributed by atoms with Gasteiger partial charge in [-0.2, -0.15) is 0 Å². The van der Waals surface area contributed by atoms with Crippen LogP contribution in [0, 0.1) is 5.82 Å². The second-order valence-corrected chi connectivity index (χ2v) is 5.17. The van der Waals surface area contributed by atoms with Crippen LogP contribution in [0.1, 0.15) is 26.3 Å². The molecule has 3 nitrogen and oxygen atoms in total. The molecule has 2 aromatic rings. The normalized spacial score (nSPS) is 10.9. The molecule has 0 aliphatic carbocycles. The molecule has 1 aromatic carbocycles. The minimum absolute atomic E-state index is 0.0643. The Morgan fingerprint density at radius 3 is 2.71 bits per heavy atom. The zero-order valence-corrected chi connectivity index (χ0v) is 12.7. The van der Waals surface area contributed by atoms with Crippen molar-refractivity contribution in [1.82, 2.24) is 10.3 Å². The van der Waals surface area contributed by atoms with Crippen molar-refractivity contribution < 1.29 is 9.13 Å². The summed E-state index contributed by atoms with van der Waals surface area (Å²) < 4.78 is 19.9. The lowest BCUT2D eigenvalue weighted by molar-refractivity contribution is 0.241. The molecule has 0 atom stereocenters. The van der Waals surface area contributed by atoms with Gasteiger partial charge in [0.2, 0.25) is 0 Å². The van der Waals surface area contributed by atoms with Crippen LogP contribution in [0.5, 0.6) is 5.75 Å². The minimum atomic E-state index is -0.242. The monoisotopic (exact) mass is 288 g/mol. The Kier molecular flexibility index (Phi) is 5.28. The molecule has 0 radical (unpaired) electrons. The first kappa shape index (κ1) is 15.4. The first-order chi connectivity index (χ1) is 10.1. The summed E-state index contributed by atoms with van der Waals surface area (Å²) in [6, 6.07) is 7.10. The average Bonchev–Trinajstić information content (AvgIpc) is 2.44. The van der Waals surface area contributed by atoms with E-state index >= 15 is 0 Å². The number of ether oxygens (including phenoxy) is 1. The Hall–Kier alpha value is -1.94. The van der Waals surface area contributed by atoms with E-state index in [0.29, 0.717) is 17.9 Å². The highest BCUT2D eigenvalue weighted by atomic mass is 19.1. The number of halogens is 1. The topological polar surface area (TPSA) is 34.2 Å². The van der Waals surface area contributed by atoms with Gasteiger partial charge < -0.3 is 10.1 Å². The highest BCUT2D eigenvalue weighted by Crippen LogP contribution is 2.26. The molecule has 0 spiro atoms. The SMILES string of the molecule is CCNCc1ccc(-c2cncc(OC(C)C)c2)c(F)c1. The van der Waals surface area contributed by atoms with E-state index in [2.05, 4.69) is 10.3 Å². The maximum atomic E-state index is 14.3. The van der Waals surface area contributed by atoms with Crippen LogP contribution >= 0.6 is 0 Å². The lowest BCUT2D eigenvalue weighted by Crippen LogP contribution is -2.11.